The molecular formula is C8H2F3NO3. The molecule has 1 aromatic carbocycles. The van der Waals surface area contributed by atoms with Crippen molar-refractivity contribution in [3.05, 3.63) is 44.5 Å². The second-order valence-electron chi connectivity index (χ2n) is 2.71. The molecule has 2 aromatic rings. The maximum atomic E-state index is 13.1. The lowest BCUT2D eigenvalue weighted by Gasteiger charge is -1.99. The number of rotatable bonds is 0. The van der Waals surface area contributed by atoms with E-state index in [9.17, 15) is 22.8 Å². The van der Waals surface area contributed by atoms with Crippen LogP contribution in [0.2, 0.25) is 0 Å². The molecule has 0 fully saturated rings. The highest BCUT2D eigenvalue weighted by Crippen LogP contribution is 2.17. The van der Waals surface area contributed by atoms with Crippen molar-refractivity contribution in [3.63, 3.8) is 0 Å². The maximum Gasteiger partial charge on any atom is 0.419 e. The highest BCUT2D eigenvalue weighted by Gasteiger charge is 2.16. The number of hydrogen-bond donors (Lipinski definition) is 1. The summed E-state index contributed by atoms with van der Waals surface area (Å²) < 4.78 is 42.5. The Hall–Kier alpha value is -2.05. The van der Waals surface area contributed by atoms with Gasteiger partial charge in [0.2, 0.25) is 0 Å². The van der Waals surface area contributed by atoms with Crippen molar-refractivity contribution in [1.82, 2.24) is 4.98 Å². The van der Waals surface area contributed by atoms with E-state index >= 15 is 0 Å². The Morgan fingerprint density at radius 1 is 1.13 bits per heavy atom. The smallest absolute Gasteiger partial charge is 0.372 e. The molecule has 1 aromatic heterocycles. The number of fused-ring (bicyclic) bond motifs is 1. The Morgan fingerprint density at radius 2 is 1.80 bits per heavy atom. The van der Waals surface area contributed by atoms with Crippen LogP contribution in [0.3, 0.4) is 0 Å². The van der Waals surface area contributed by atoms with Gasteiger partial charge in [-0.2, -0.15) is 0 Å². The van der Waals surface area contributed by atoms with Gasteiger partial charge in [0.25, 0.3) is 0 Å². The van der Waals surface area contributed by atoms with E-state index in [1.165, 1.54) is 0 Å². The molecule has 0 aliphatic carbocycles. The molecule has 4 nitrogen and oxygen atoms in total. The van der Waals surface area contributed by atoms with Crippen LogP contribution in [0, 0.1) is 17.5 Å². The van der Waals surface area contributed by atoms with Crippen molar-refractivity contribution in [2.24, 2.45) is 0 Å². The minimum atomic E-state index is -1.76. The summed E-state index contributed by atoms with van der Waals surface area (Å²) in [6, 6.07) is 0.454. The third-order valence-electron chi connectivity index (χ3n) is 1.79. The van der Waals surface area contributed by atoms with E-state index < -0.39 is 39.7 Å². The van der Waals surface area contributed by atoms with E-state index in [2.05, 4.69) is 4.42 Å². The summed E-state index contributed by atoms with van der Waals surface area (Å²) in [4.78, 5) is 23.4. The van der Waals surface area contributed by atoms with Crippen LogP contribution < -0.4 is 11.4 Å². The van der Waals surface area contributed by atoms with Gasteiger partial charge in [0.05, 0.1) is 10.9 Å². The number of H-pyrrole nitrogens is 1. The summed E-state index contributed by atoms with van der Waals surface area (Å²) in [5.41, 5.74) is -1.94. The van der Waals surface area contributed by atoms with E-state index in [1.54, 1.807) is 4.98 Å². The minimum Gasteiger partial charge on any atom is -0.372 e. The molecule has 0 saturated carbocycles. The van der Waals surface area contributed by atoms with E-state index in [-0.39, 0.29) is 0 Å². The first-order chi connectivity index (χ1) is 7.00. The normalized spacial score (nSPS) is 10.9. The zero-order valence-electron chi connectivity index (χ0n) is 6.94. The lowest BCUT2D eigenvalue weighted by atomic mass is 10.2. The first-order valence-electron chi connectivity index (χ1n) is 3.71. The van der Waals surface area contributed by atoms with Crippen molar-refractivity contribution >= 4 is 10.9 Å². The van der Waals surface area contributed by atoms with E-state index in [0.29, 0.717) is 6.07 Å². The molecule has 0 radical (unpaired) electrons. The summed E-state index contributed by atoms with van der Waals surface area (Å²) in [6.45, 7) is 0. The highest BCUT2D eigenvalue weighted by molar-refractivity contribution is 5.77. The molecule has 0 saturated heterocycles. The molecule has 1 N–H and O–H groups in total. The van der Waals surface area contributed by atoms with Gasteiger partial charge in [0.1, 0.15) is 0 Å². The van der Waals surface area contributed by atoms with Crippen molar-refractivity contribution in [3.8, 4) is 0 Å². The van der Waals surface area contributed by atoms with Crippen LogP contribution in [-0.4, -0.2) is 4.98 Å². The number of aromatic nitrogens is 1. The molecular weight excluding hydrogens is 215 g/mol. The Balaban J connectivity index is 3.12. The van der Waals surface area contributed by atoms with Gasteiger partial charge in [-0.1, -0.05) is 0 Å². The number of aromatic amines is 1. The van der Waals surface area contributed by atoms with Gasteiger partial charge in [-0.3, -0.25) is 4.98 Å². The average Bonchev–Trinajstić information content (AvgIpc) is 2.17. The van der Waals surface area contributed by atoms with Crippen molar-refractivity contribution in [1.29, 1.82) is 0 Å². The molecule has 0 aliphatic rings. The topological polar surface area (TPSA) is 63.1 Å². The van der Waals surface area contributed by atoms with Gasteiger partial charge in [0.15, 0.2) is 17.5 Å². The molecule has 0 bridgehead atoms. The molecule has 0 unspecified atom stereocenters. The van der Waals surface area contributed by atoms with Gasteiger partial charge in [0, 0.05) is 0 Å². The minimum absolute atomic E-state index is 0.454. The number of benzene rings is 1. The molecule has 1 heterocycles. The third-order valence-corrected chi connectivity index (χ3v) is 1.79. The molecule has 0 atom stereocenters. The van der Waals surface area contributed by atoms with Gasteiger partial charge in [-0.05, 0) is 6.07 Å². The fourth-order valence-corrected chi connectivity index (χ4v) is 1.15. The Bertz CT molecular complexity index is 658. The number of halogens is 3. The molecule has 2 rings (SSSR count). The Labute approximate surface area is 79.0 Å². The summed E-state index contributed by atoms with van der Waals surface area (Å²) in [6.07, 6.45) is 0. The van der Waals surface area contributed by atoms with E-state index in [0.717, 1.165) is 0 Å². The lowest BCUT2D eigenvalue weighted by molar-refractivity contribution is 0.438. The van der Waals surface area contributed by atoms with Crippen LogP contribution >= 0.6 is 0 Å². The van der Waals surface area contributed by atoms with Crippen molar-refractivity contribution in [2.45, 2.75) is 0 Å². The molecule has 0 amide bonds. The third kappa shape index (κ3) is 1.32. The monoisotopic (exact) mass is 217 g/mol. The van der Waals surface area contributed by atoms with E-state index in [4.69, 9.17) is 0 Å². The first kappa shape index (κ1) is 9.50. The first-order valence-corrected chi connectivity index (χ1v) is 3.71. The van der Waals surface area contributed by atoms with Gasteiger partial charge in [-0.15, -0.1) is 0 Å². The number of hydrogen-bond acceptors (Lipinski definition) is 3. The second kappa shape index (κ2) is 2.97. The summed E-state index contributed by atoms with van der Waals surface area (Å²) in [5, 5.41) is -0.564. The second-order valence-corrected chi connectivity index (χ2v) is 2.71. The standard InChI is InChI=1S/C8H2F3NO3/c9-3-1-2-6(5(11)4(3)10)12-8(14)15-7(2)13/h1H,(H,12,14). The fraction of sp³-hybridized carbons (Fsp3) is 0. The molecule has 7 heteroatoms. The molecule has 0 spiro atoms. The van der Waals surface area contributed by atoms with Crippen LogP contribution in [0.1, 0.15) is 0 Å². The quantitative estimate of drug-likeness (QED) is 0.666. The maximum absolute atomic E-state index is 13.1. The Kier molecular flexibility index (Phi) is 1.88. The van der Waals surface area contributed by atoms with Crippen molar-refractivity contribution < 1.29 is 17.6 Å². The van der Waals surface area contributed by atoms with E-state index in [1.807, 2.05) is 0 Å². The summed E-state index contributed by atoms with van der Waals surface area (Å²) >= 11 is 0. The predicted molar refractivity (Wildman–Crippen MR) is 43.0 cm³/mol. The van der Waals surface area contributed by atoms with Gasteiger partial charge in [-0.25, -0.2) is 22.8 Å². The molecule has 78 valence electrons. The number of nitrogens with one attached hydrogen (secondary N) is 1. The van der Waals surface area contributed by atoms with Crippen LogP contribution in [0.15, 0.2) is 20.1 Å². The zero-order chi connectivity index (χ0) is 11.2. The van der Waals surface area contributed by atoms with Gasteiger partial charge < -0.3 is 4.42 Å². The zero-order valence-corrected chi connectivity index (χ0v) is 6.94. The van der Waals surface area contributed by atoms with Crippen molar-refractivity contribution in [2.75, 3.05) is 0 Å². The summed E-state index contributed by atoms with van der Waals surface area (Å²) in [7, 11) is 0. The molecule has 15 heavy (non-hydrogen) atoms. The Morgan fingerprint density at radius 3 is 2.47 bits per heavy atom. The van der Waals surface area contributed by atoms with Crippen LogP contribution in [0.4, 0.5) is 13.2 Å². The SMILES string of the molecule is O=c1[nH]c2c(F)c(F)c(F)cc2c(=O)o1. The van der Waals surface area contributed by atoms with Gasteiger partial charge >= 0.3 is 11.4 Å². The lowest BCUT2D eigenvalue weighted by Crippen LogP contribution is -2.16. The fourth-order valence-electron chi connectivity index (χ4n) is 1.15. The molecule has 0 aliphatic heterocycles. The highest BCUT2D eigenvalue weighted by atomic mass is 19.2. The largest absolute Gasteiger partial charge is 0.419 e. The van der Waals surface area contributed by atoms with Crippen LogP contribution in [0.25, 0.3) is 10.9 Å². The van der Waals surface area contributed by atoms with Crippen LogP contribution in [0.5, 0.6) is 0 Å². The van der Waals surface area contributed by atoms with Crippen LogP contribution in [-0.2, 0) is 0 Å². The predicted octanol–water partition coefficient (Wildman–Crippen LogP) is 0.899. The average molecular weight is 217 g/mol. The summed E-state index contributed by atoms with van der Waals surface area (Å²) in [5.74, 6) is -6.16.